The van der Waals surface area contributed by atoms with Gasteiger partial charge in [-0.2, -0.15) is 4.98 Å². The minimum Gasteiger partial charge on any atom is -0.339 e. The zero-order valence-corrected chi connectivity index (χ0v) is 19.7. The second kappa shape index (κ2) is 9.61. The molecule has 5 rings (SSSR count). The maximum atomic E-state index is 13.4. The van der Waals surface area contributed by atoms with Gasteiger partial charge in [-0.05, 0) is 67.8 Å². The van der Waals surface area contributed by atoms with Crippen LogP contribution in [0.5, 0.6) is 0 Å². The van der Waals surface area contributed by atoms with Gasteiger partial charge in [0.25, 0.3) is 5.56 Å². The first-order valence-corrected chi connectivity index (χ1v) is 12.0. The first-order valence-electron chi connectivity index (χ1n) is 11.1. The van der Waals surface area contributed by atoms with E-state index in [0.717, 1.165) is 29.0 Å². The van der Waals surface area contributed by atoms with Crippen molar-refractivity contribution < 1.29 is 4.52 Å². The summed E-state index contributed by atoms with van der Waals surface area (Å²) >= 11 is 1.56. The third-order valence-corrected chi connectivity index (χ3v) is 6.69. The Kier molecular flexibility index (Phi) is 6.22. The van der Waals surface area contributed by atoms with Crippen molar-refractivity contribution in [2.75, 3.05) is 5.75 Å². The van der Waals surface area contributed by atoms with E-state index in [9.17, 15) is 4.79 Å². The zero-order valence-electron chi connectivity index (χ0n) is 18.9. The minimum absolute atomic E-state index is 0.0600. The Hall–Kier alpha value is -3.78. The molecule has 0 aliphatic carbocycles. The van der Waals surface area contributed by atoms with E-state index >= 15 is 0 Å². The van der Waals surface area contributed by atoms with Gasteiger partial charge < -0.3 is 4.52 Å². The number of hydrogen-bond donors (Lipinski definition) is 0. The summed E-state index contributed by atoms with van der Waals surface area (Å²) in [4.78, 5) is 26.7. The number of pyridine rings is 1. The average Bonchev–Trinajstić information content (AvgIpc) is 3.33. The Morgan fingerprint density at radius 3 is 2.62 bits per heavy atom. The molecule has 5 aromatic rings. The molecule has 3 aromatic heterocycles. The van der Waals surface area contributed by atoms with Crippen LogP contribution >= 0.6 is 11.8 Å². The number of para-hydroxylation sites is 1. The summed E-state index contributed by atoms with van der Waals surface area (Å²) in [6.45, 7) is 4.11. The predicted molar refractivity (Wildman–Crippen MR) is 133 cm³/mol. The molecule has 0 aliphatic heterocycles. The molecule has 0 N–H and O–H groups in total. The van der Waals surface area contributed by atoms with Gasteiger partial charge in [0.05, 0.1) is 16.6 Å². The van der Waals surface area contributed by atoms with Crippen molar-refractivity contribution in [1.29, 1.82) is 0 Å². The Morgan fingerprint density at radius 2 is 1.79 bits per heavy atom. The molecule has 0 bridgehead atoms. The molecule has 0 amide bonds. The number of nitrogens with zero attached hydrogens (tertiary/aromatic N) is 5. The highest BCUT2D eigenvalue weighted by Gasteiger charge is 2.14. The monoisotopic (exact) mass is 469 g/mol. The molecule has 2 aromatic carbocycles. The van der Waals surface area contributed by atoms with E-state index in [-0.39, 0.29) is 5.56 Å². The highest BCUT2D eigenvalue weighted by atomic mass is 32.2. The van der Waals surface area contributed by atoms with Crippen molar-refractivity contribution in [3.05, 3.63) is 94.4 Å². The van der Waals surface area contributed by atoms with Crippen molar-refractivity contribution in [3.8, 4) is 17.1 Å². The van der Waals surface area contributed by atoms with Gasteiger partial charge in [0, 0.05) is 30.1 Å². The van der Waals surface area contributed by atoms with Gasteiger partial charge in [0.15, 0.2) is 5.16 Å². The molecule has 0 fully saturated rings. The van der Waals surface area contributed by atoms with Crippen LogP contribution in [0.3, 0.4) is 0 Å². The number of aromatic nitrogens is 5. The lowest BCUT2D eigenvalue weighted by molar-refractivity contribution is 0.378. The van der Waals surface area contributed by atoms with Gasteiger partial charge in [-0.15, -0.1) is 0 Å². The normalized spacial score (nSPS) is 11.2. The standard InChI is InChI=1S/C26H23N5O2S/c1-17-9-10-20(16-18(17)2)31-25(32)21-6-3-4-7-22(21)28-26(31)34-15-5-8-23-29-24(30-33-23)19-11-13-27-14-12-19/h3-4,6-7,9-14,16H,5,8,15H2,1-2H3. The van der Waals surface area contributed by atoms with Gasteiger partial charge in [0.2, 0.25) is 11.7 Å². The summed E-state index contributed by atoms with van der Waals surface area (Å²) in [5.74, 6) is 1.90. The molecule has 7 nitrogen and oxygen atoms in total. The first kappa shape index (κ1) is 22.0. The molecule has 0 aliphatic rings. The fraction of sp³-hybridized carbons (Fsp3) is 0.192. The van der Waals surface area contributed by atoms with Crippen LogP contribution in [0.25, 0.3) is 28.0 Å². The third kappa shape index (κ3) is 4.49. The summed E-state index contributed by atoms with van der Waals surface area (Å²) in [7, 11) is 0. The largest absolute Gasteiger partial charge is 0.339 e. The van der Waals surface area contributed by atoms with Crippen molar-refractivity contribution in [2.45, 2.75) is 31.8 Å². The second-order valence-electron chi connectivity index (χ2n) is 8.02. The summed E-state index contributed by atoms with van der Waals surface area (Å²) in [5.41, 5.74) is 4.66. The zero-order chi connectivity index (χ0) is 23.5. The van der Waals surface area contributed by atoms with Crippen molar-refractivity contribution >= 4 is 22.7 Å². The smallest absolute Gasteiger partial charge is 0.266 e. The molecule has 3 heterocycles. The van der Waals surface area contributed by atoms with E-state index < -0.39 is 0 Å². The fourth-order valence-corrected chi connectivity index (χ4v) is 4.61. The van der Waals surface area contributed by atoms with E-state index in [1.165, 1.54) is 5.56 Å². The fourth-order valence-electron chi connectivity index (χ4n) is 3.66. The summed E-state index contributed by atoms with van der Waals surface area (Å²) in [5, 5.41) is 5.35. The maximum Gasteiger partial charge on any atom is 0.266 e. The van der Waals surface area contributed by atoms with E-state index in [0.29, 0.717) is 34.2 Å². The van der Waals surface area contributed by atoms with Crippen LogP contribution in [-0.2, 0) is 6.42 Å². The number of benzene rings is 2. The molecule has 0 saturated heterocycles. The Labute approximate surface area is 200 Å². The SMILES string of the molecule is Cc1ccc(-n2c(SCCCc3nc(-c4ccncc4)no3)nc3ccccc3c2=O)cc1C. The molecule has 34 heavy (non-hydrogen) atoms. The Balaban J connectivity index is 1.36. The van der Waals surface area contributed by atoms with Crippen molar-refractivity contribution in [2.24, 2.45) is 0 Å². The predicted octanol–water partition coefficient (Wildman–Crippen LogP) is 5.17. The summed E-state index contributed by atoms with van der Waals surface area (Å²) < 4.78 is 7.12. The highest BCUT2D eigenvalue weighted by Crippen LogP contribution is 2.24. The second-order valence-corrected chi connectivity index (χ2v) is 9.08. The molecular formula is C26H23N5O2S. The van der Waals surface area contributed by atoms with Crippen LogP contribution in [-0.4, -0.2) is 30.4 Å². The molecule has 0 unspecified atom stereocenters. The molecule has 8 heteroatoms. The molecular weight excluding hydrogens is 446 g/mol. The molecule has 0 spiro atoms. The van der Waals surface area contributed by atoms with Crippen LogP contribution in [0, 0.1) is 13.8 Å². The van der Waals surface area contributed by atoms with E-state index in [2.05, 4.69) is 29.0 Å². The van der Waals surface area contributed by atoms with Gasteiger partial charge >= 0.3 is 0 Å². The number of hydrogen-bond acceptors (Lipinski definition) is 7. The number of aryl methyl sites for hydroxylation is 3. The minimum atomic E-state index is -0.0600. The van der Waals surface area contributed by atoms with Crippen LogP contribution < -0.4 is 5.56 Å². The van der Waals surface area contributed by atoms with Gasteiger partial charge in [-0.25, -0.2) is 4.98 Å². The molecule has 170 valence electrons. The van der Waals surface area contributed by atoms with Crippen molar-refractivity contribution in [3.63, 3.8) is 0 Å². The van der Waals surface area contributed by atoms with Crippen LogP contribution in [0.4, 0.5) is 0 Å². The van der Waals surface area contributed by atoms with Crippen LogP contribution in [0.2, 0.25) is 0 Å². The topological polar surface area (TPSA) is 86.7 Å². The summed E-state index contributed by atoms with van der Waals surface area (Å²) in [6, 6.07) is 17.2. The Bertz CT molecular complexity index is 1510. The van der Waals surface area contributed by atoms with E-state index in [4.69, 9.17) is 9.51 Å². The third-order valence-electron chi connectivity index (χ3n) is 5.67. The quantitative estimate of drug-likeness (QED) is 0.185. The lowest BCUT2D eigenvalue weighted by Gasteiger charge is -2.14. The van der Waals surface area contributed by atoms with Crippen molar-refractivity contribution in [1.82, 2.24) is 24.7 Å². The van der Waals surface area contributed by atoms with E-state index in [1.807, 2.05) is 54.6 Å². The van der Waals surface area contributed by atoms with Gasteiger partial charge in [0.1, 0.15) is 0 Å². The number of thioether (sulfide) groups is 1. The van der Waals surface area contributed by atoms with E-state index in [1.54, 1.807) is 28.7 Å². The number of rotatable bonds is 7. The van der Waals surface area contributed by atoms with Gasteiger partial charge in [-0.3, -0.25) is 14.3 Å². The van der Waals surface area contributed by atoms with Crippen LogP contribution in [0.1, 0.15) is 23.4 Å². The lowest BCUT2D eigenvalue weighted by atomic mass is 10.1. The first-order chi connectivity index (χ1) is 16.6. The molecule has 0 atom stereocenters. The molecule has 0 saturated carbocycles. The Morgan fingerprint density at radius 1 is 0.971 bits per heavy atom. The average molecular weight is 470 g/mol. The maximum absolute atomic E-state index is 13.4. The number of fused-ring (bicyclic) bond motifs is 1. The van der Waals surface area contributed by atoms with Gasteiger partial charge in [-0.1, -0.05) is 35.1 Å². The highest BCUT2D eigenvalue weighted by molar-refractivity contribution is 7.99. The summed E-state index contributed by atoms with van der Waals surface area (Å²) in [6.07, 6.45) is 4.85. The lowest BCUT2D eigenvalue weighted by Crippen LogP contribution is -2.22. The van der Waals surface area contributed by atoms with Crippen LogP contribution in [0.15, 0.2) is 81.5 Å². The molecule has 0 radical (unpaired) electrons.